The molecule has 5 heteroatoms. The van der Waals surface area contributed by atoms with Gasteiger partial charge in [0.2, 0.25) is 0 Å². The van der Waals surface area contributed by atoms with Gasteiger partial charge in [0.15, 0.2) is 0 Å². The number of cyclic esters (lactones) is 1. The predicted octanol–water partition coefficient (Wildman–Crippen LogP) is 2.52. The van der Waals surface area contributed by atoms with E-state index in [1.54, 1.807) is 0 Å². The number of carbonyl (C=O) groups excluding carboxylic acids is 2. The van der Waals surface area contributed by atoms with E-state index in [1.807, 2.05) is 0 Å². The summed E-state index contributed by atoms with van der Waals surface area (Å²) in [5.74, 6) is 0.740. The highest BCUT2D eigenvalue weighted by atomic mass is 16.6. The highest BCUT2D eigenvalue weighted by molar-refractivity contribution is 5.80. The van der Waals surface area contributed by atoms with Crippen molar-refractivity contribution in [2.24, 2.45) is 17.1 Å². The minimum atomic E-state index is -0.234. The maximum absolute atomic E-state index is 12.5. The second-order valence-corrected chi connectivity index (χ2v) is 7.55. The van der Waals surface area contributed by atoms with Gasteiger partial charge >= 0.3 is 5.97 Å². The third-order valence-electron chi connectivity index (χ3n) is 6.11. The van der Waals surface area contributed by atoms with E-state index in [1.165, 1.54) is 0 Å². The standard InChI is InChI=1S/C19H34N2O3/c1-3-21(4-2)12-9-17-13-19(18(23)24-17)10-7-15(8-11-19)5-6-16(22)14-20/h15,17H,3-14,20H2,1-2H3/t15?,17-,19?/m0/s1. The van der Waals surface area contributed by atoms with E-state index in [-0.39, 0.29) is 29.8 Å². The first kappa shape index (κ1) is 19.4. The van der Waals surface area contributed by atoms with Crippen LogP contribution in [-0.4, -0.2) is 48.9 Å². The average molecular weight is 338 g/mol. The summed E-state index contributed by atoms with van der Waals surface area (Å²) >= 11 is 0. The number of hydrogen-bond donors (Lipinski definition) is 1. The van der Waals surface area contributed by atoms with Crippen molar-refractivity contribution in [2.75, 3.05) is 26.2 Å². The largest absolute Gasteiger partial charge is 0.462 e. The molecule has 2 aliphatic rings. The van der Waals surface area contributed by atoms with E-state index in [2.05, 4.69) is 18.7 Å². The second kappa shape index (κ2) is 8.95. The smallest absolute Gasteiger partial charge is 0.312 e. The van der Waals surface area contributed by atoms with Gasteiger partial charge in [0, 0.05) is 19.4 Å². The van der Waals surface area contributed by atoms with Crippen LogP contribution in [0.4, 0.5) is 0 Å². The molecule has 0 unspecified atom stereocenters. The molecule has 1 aliphatic carbocycles. The first-order chi connectivity index (χ1) is 11.5. The highest BCUT2D eigenvalue weighted by Crippen LogP contribution is 2.48. The van der Waals surface area contributed by atoms with Gasteiger partial charge < -0.3 is 15.4 Å². The van der Waals surface area contributed by atoms with Gasteiger partial charge in [-0.1, -0.05) is 13.8 Å². The maximum atomic E-state index is 12.5. The van der Waals surface area contributed by atoms with E-state index in [0.717, 1.165) is 64.6 Å². The number of nitrogens with two attached hydrogens (primary N) is 1. The van der Waals surface area contributed by atoms with E-state index in [0.29, 0.717) is 12.3 Å². The fourth-order valence-corrected chi connectivity index (χ4v) is 4.26. The summed E-state index contributed by atoms with van der Waals surface area (Å²) in [7, 11) is 0. The number of carbonyl (C=O) groups is 2. The summed E-state index contributed by atoms with van der Waals surface area (Å²) in [6.07, 6.45) is 7.37. The zero-order valence-electron chi connectivity index (χ0n) is 15.4. The van der Waals surface area contributed by atoms with E-state index < -0.39 is 0 Å². The van der Waals surface area contributed by atoms with Crippen molar-refractivity contribution >= 4 is 11.8 Å². The van der Waals surface area contributed by atoms with Gasteiger partial charge in [0.25, 0.3) is 0 Å². The number of Topliss-reactive ketones (excluding diaryl/α,β-unsaturated/α-hetero) is 1. The van der Waals surface area contributed by atoms with Crippen LogP contribution in [0.1, 0.15) is 65.2 Å². The minimum absolute atomic E-state index is 0.0310. The van der Waals surface area contributed by atoms with Gasteiger partial charge in [-0.15, -0.1) is 0 Å². The summed E-state index contributed by atoms with van der Waals surface area (Å²) in [5, 5.41) is 0. The van der Waals surface area contributed by atoms with Crippen LogP contribution in [0.25, 0.3) is 0 Å². The Morgan fingerprint density at radius 1 is 1.25 bits per heavy atom. The van der Waals surface area contributed by atoms with Crippen molar-refractivity contribution < 1.29 is 14.3 Å². The van der Waals surface area contributed by atoms with E-state index >= 15 is 0 Å². The van der Waals surface area contributed by atoms with E-state index in [4.69, 9.17) is 10.5 Å². The maximum Gasteiger partial charge on any atom is 0.312 e. The molecule has 0 aromatic heterocycles. The molecule has 24 heavy (non-hydrogen) atoms. The first-order valence-corrected chi connectivity index (χ1v) is 9.68. The highest BCUT2D eigenvalue weighted by Gasteiger charge is 2.50. The molecule has 1 spiro atoms. The van der Waals surface area contributed by atoms with Crippen molar-refractivity contribution in [3.05, 3.63) is 0 Å². The van der Waals surface area contributed by atoms with Gasteiger partial charge in [0.1, 0.15) is 11.9 Å². The molecule has 0 amide bonds. The molecular weight excluding hydrogens is 304 g/mol. The third kappa shape index (κ3) is 4.79. The van der Waals surface area contributed by atoms with Crippen LogP contribution in [0, 0.1) is 11.3 Å². The normalized spacial score (nSPS) is 30.1. The van der Waals surface area contributed by atoms with Crippen LogP contribution in [0.3, 0.4) is 0 Å². The lowest BCUT2D eigenvalue weighted by Crippen LogP contribution is -2.32. The number of hydrogen-bond acceptors (Lipinski definition) is 5. The molecule has 0 radical (unpaired) electrons. The summed E-state index contributed by atoms with van der Waals surface area (Å²) in [4.78, 5) is 26.2. The van der Waals surface area contributed by atoms with Gasteiger partial charge in [-0.3, -0.25) is 9.59 Å². The zero-order chi connectivity index (χ0) is 17.6. The average Bonchev–Trinajstić information content (AvgIpc) is 2.90. The number of rotatable bonds is 9. The van der Waals surface area contributed by atoms with Gasteiger partial charge in [-0.2, -0.15) is 0 Å². The quantitative estimate of drug-likeness (QED) is 0.654. The third-order valence-corrected chi connectivity index (χ3v) is 6.11. The molecule has 138 valence electrons. The molecule has 0 aromatic rings. The molecule has 0 bridgehead atoms. The molecule has 1 atom stereocenters. The fraction of sp³-hybridized carbons (Fsp3) is 0.895. The number of esters is 1. The number of nitrogens with zero attached hydrogens (tertiary/aromatic N) is 1. The fourth-order valence-electron chi connectivity index (χ4n) is 4.26. The molecule has 5 nitrogen and oxygen atoms in total. The lowest BCUT2D eigenvalue weighted by molar-refractivity contribution is -0.150. The Bertz CT molecular complexity index is 426. The van der Waals surface area contributed by atoms with Crippen LogP contribution >= 0.6 is 0 Å². The molecule has 1 aliphatic heterocycles. The summed E-state index contributed by atoms with van der Waals surface area (Å²) in [6.45, 7) is 7.59. The van der Waals surface area contributed by atoms with Crippen LogP contribution in [0.5, 0.6) is 0 Å². The van der Waals surface area contributed by atoms with Crippen molar-refractivity contribution in [1.82, 2.24) is 4.90 Å². The Hall–Kier alpha value is -0.940. The summed E-state index contributed by atoms with van der Waals surface area (Å²) < 4.78 is 5.71. The van der Waals surface area contributed by atoms with E-state index in [9.17, 15) is 9.59 Å². The Labute approximate surface area is 146 Å². The molecule has 1 heterocycles. The number of ether oxygens (including phenoxy) is 1. The molecule has 1 saturated heterocycles. The lowest BCUT2D eigenvalue weighted by Gasteiger charge is -2.34. The van der Waals surface area contributed by atoms with Gasteiger partial charge in [-0.05, 0) is 57.5 Å². The minimum Gasteiger partial charge on any atom is -0.462 e. The van der Waals surface area contributed by atoms with Crippen LogP contribution in [-0.2, 0) is 14.3 Å². The monoisotopic (exact) mass is 338 g/mol. The lowest BCUT2D eigenvalue weighted by atomic mass is 9.68. The molecule has 2 rings (SSSR count). The number of ketones is 1. The van der Waals surface area contributed by atoms with Crippen molar-refractivity contribution in [1.29, 1.82) is 0 Å². The SMILES string of the molecule is CCN(CC)CC[C@H]1CC2(CCC(CCC(=O)CN)CC2)C(=O)O1. The van der Waals surface area contributed by atoms with Crippen LogP contribution < -0.4 is 5.73 Å². The summed E-state index contributed by atoms with van der Waals surface area (Å²) in [5.41, 5.74) is 5.14. The molecular formula is C19H34N2O3. The van der Waals surface area contributed by atoms with Gasteiger partial charge in [-0.25, -0.2) is 0 Å². The second-order valence-electron chi connectivity index (χ2n) is 7.55. The van der Waals surface area contributed by atoms with Crippen molar-refractivity contribution in [2.45, 2.75) is 71.3 Å². The molecule has 2 N–H and O–H groups in total. The Morgan fingerprint density at radius 2 is 1.92 bits per heavy atom. The van der Waals surface area contributed by atoms with Crippen molar-refractivity contribution in [3.8, 4) is 0 Å². The van der Waals surface area contributed by atoms with Crippen LogP contribution in [0.2, 0.25) is 0 Å². The van der Waals surface area contributed by atoms with Crippen LogP contribution in [0.15, 0.2) is 0 Å². The van der Waals surface area contributed by atoms with Crippen molar-refractivity contribution in [3.63, 3.8) is 0 Å². The Kier molecular flexibility index (Phi) is 7.23. The zero-order valence-corrected chi connectivity index (χ0v) is 15.4. The molecule has 0 aromatic carbocycles. The van der Waals surface area contributed by atoms with Gasteiger partial charge in [0.05, 0.1) is 12.0 Å². The molecule has 1 saturated carbocycles. The Balaban J connectivity index is 1.78. The topological polar surface area (TPSA) is 72.6 Å². The summed E-state index contributed by atoms with van der Waals surface area (Å²) in [6, 6.07) is 0. The first-order valence-electron chi connectivity index (χ1n) is 9.68. The predicted molar refractivity (Wildman–Crippen MR) is 94.6 cm³/mol. The molecule has 2 fully saturated rings. The Morgan fingerprint density at radius 3 is 2.50 bits per heavy atom.